The van der Waals surface area contributed by atoms with E-state index in [9.17, 15) is 19.7 Å². The lowest BCUT2D eigenvalue weighted by Gasteiger charge is -2.06. The van der Waals surface area contributed by atoms with Gasteiger partial charge in [0.05, 0.1) is 17.1 Å². The van der Waals surface area contributed by atoms with Crippen molar-refractivity contribution in [1.82, 2.24) is 0 Å². The van der Waals surface area contributed by atoms with Gasteiger partial charge in [0.25, 0.3) is 5.69 Å². The molecule has 0 radical (unpaired) electrons. The Balaban J connectivity index is 1.94. The third-order valence-electron chi connectivity index (χ3n) is 2.82. The second kappa shape index (κ2) is 7.73. The molecule has 24 heavy (non-hydrogen) atoms. The maximum absolute atomic E-state index is 11.7. The fourth-order valence-corrected chi connectivity index (χ4v) is 1.72. The van der Waals surface area contributed by atoms with Crippen molar-refractivity contribution in [2.24, 2.45) is 0 Å². The summed E-state index contributed by atoms with van der Waals surface area (Å²) in [6.07, 6.45) is -1.01. The molecule has 0 aliphatic carbocycles. The smallest absolute Gasteiger partial charge is 0.462 e. The molecule has 8 nitrogen and oxygen atoms in total. The average molecular weight is 331 g/mol. The van der Waals surface area contributed by atoms with Gasteiger partial charge in [-0.15, -0.1) is 0 Å². The van der Waals surface area contributed by atoms with E-state index in [0.717, 1.165) is 0 Å². The second-order valence-corrected chi connectivity index (χ2v) is 4.45. The van der Waals surface area contributed by atoms with Gasteiger partial charge in [0, 0.05) is 12.1 Å². The fourth-order valence-electron chi connectivity index (χ4n) is 1.72. The molecule has 0 atom stereocenters. The molecule has 0 aliphatic rings. The average Bonchev–Trinajstić information content (AvgIpc) is 2.56. The molecule has 0 saturated carbocycles. The minimum atomic E-state index is -1.01. The van der Waals surface area contributed by atoms with E-state index < -0.39 is 17.0 Å². The van der Waals surface area contributed by atoms with Crippen LogP contribution in [-0.2, 0) is 4.74 Å². The molecule has 0 amide bonds. The lowest BCUT2D eigenvalue weighted by Crippen LogP contribution is -2.14. The van der Waals surface area contributed by atoms with Crippen molar-refractivity contribution in [3.05, 3.63) is 64.2 Å². The Kier molecular flexibility index (Phi) is 5.45. The molecule has 0 bridgehead atoms. The number of nitro benzene ring substituents is 1. The highest BCUT2D eigenvalue weighted by Crippen LogP contribution is 2.19. The molecular weight excluding hydrogens is 318 g/mol. The van der Waals surface area contributed by atoms with Crippen LogP contribution in [0.4, 0.5) is 10.5 Å². The maximum Gasteiger partial charge on any atom is 0.519 e. The fraction of sp³-hybridized carbons (Fsp3) is 0.125. The van der Waals surface area contributed by atoms with Gasteiger partial charge in [-0.25, -0.2) is 9.59 Å². The van der Waals surface area contributed by atoms with Crippen molar-refractivity contribution >= 4 is 17.8 Å². The van der Waals surface area contributed by atoms with Crippen molar-refractivity contribution in [3.8, 4) is 11.5 Å². The Morgan fingerprint density at radius 2 is 1.46 bits per heavy atom. The van der Waals surface area contributed by atoms with Gasteiger partial charge in [-0.3, -0.25) is 10.1 Å². The molecule has 0 aliphatic heterocycles. The Morgan fingerprint density at radius 1 is 0.958 bits per heavy atom. The van der Waals surface area contributed by atoms with Crippen molar-refractivity contribution in [2.75, 3.05) is 6.61 Å². The number of nitro groups is 1. The molecule has 0 N–H and O–H groups in total. The molecule has 8 heteroatoms. The van der Waals surface area contributed by atoms with E-state index >= 15 is 0 Å². The van der Waals surface area contributed by atoms with Crippen LogP contribution in [0.2, 0.25) is 0 Å². The minimum Gasteiger partial charge on any atom is -0.462 e. The van der Waals surface area contributed by atoms with Gasteiger partial charge in [-0.2, -0.15) is 0 Å². The van der Waals surface area contributed by atoms with Gasteiger partial charge in [0.15, 0.2) is 0 Å². The van der Waals surface area contributed by atoms with E-state index in [2.05, 4.69) is 0 Å². The second-order valence-electron chi connectivity index (χ2n) is 4.45. The first kappa shape index (κ1) is 16.9. The van der Waals surface area contributed by atoms with Crippen LogP contribution in [0.3, 0.4) is 0 Å². The van der Waals surface area contributed by atoms with E-state index in [0.29, 0.717) is 5.56 Å². The molecule has 2 aromatic rings. The van der Waals surface area contributed by atoms with E-state index in [1.54, 1.807) is 6.92 Å². The summed E-state index contributed by atoms with van der Waals surface area (Å²) in [6.45, 7) is 1.96. The largest absolute Gasteiger partial charge is 0.519 e. The first-order valence-electron chi connectivity index (χ1n) is 6.91. The van der Waals surface area contributed by atoms with Crippen LogP contribution in [0.15, 0.2) is 48.5 Å². The Bertz CT molecular complexity index is 738. The number of carbonyl (C=O) groups excluding carboxylic acids is 2. The van der Waals surface area contributed by atoms with Gasteiger partial charge in [0.1, 0.15) is 11.5 Å². The zero-order valence-electron chi connectivity index (χ0n) is 12.6. The molecule has 0 heterocycles. The lowest BCUT2D eigenvalue weighted by molar-refractivity contribution is -0.384. The minimum absolute atomic E-state index is 0.105. The number of esters is 1. The molecule has 0 spiro atoms. The SMILES string of the molecule is CCOC(=O)c1ccc(OC(=O)Oc2ccc([N+](=O)[O-])cc2)cc1. The molecular formula is C16H13NO7. The van der Waals surface area contributed by atoms with Gasteiger partial charge < -0.3 is 14.2 Å². The summed E-state index contributed by atoms with van der Waals surface area (Å²) >= 11 is 0. The summed E-state index contributed by atoms with van der Waals surface area (Å²) in [5.74, 6) is -0.193. The quantitative estimate of drug-likeness (QED) is 0.358. The predicted octanol–water partition coefficient (Wildman–Crippen LogP) is 3.35. The summed E-state index contributed by atoms with van der Waals surface area (Å²) in [5.41, 5.74) is 0.207. The Morgan fingerprint density at radius 3 is 1.92 bits per heavy atom. The highest BCUT2D eigenvalue weighted by Gasteiger charge is 2.11. The molecule has 0 saturated heterocycles. The standard InChI is InChI=1S/C16H13NO7/c1-2-22-15(18)11-3-7-13(8-4-11)23-16(19)24-14-9-5-12(6-10-14)17(20)21/h3-10H,2H2,1H3. The number of carbonyl (C=O) groups is 2. The van der Waals surface area contributed by atoms with Gasteiger partial charge >= 0.3 is 12.1 Å². The van der Waals surface area contributed by atoms with Crippen LogP contribution < -0.4 is 9.47 Å². The molecule has 0 aromatic heterocycles. The number of nitrogens with zero attached hydrogens (tertiary/aromatic N) is 1. The number of hydrogen-bond acceptors (Lipinski definition) is 7. The summed E-state index contributed by atoms with van der Waals surface area (Å²) < 4.78 is 14.7. The lowest BCUT2D eigenvalue weighted by atomic mass is 10.2. The van der Waals surface area contributed by atoms with E-state index in [1.165, 1.54) is 48.5 Å². The van der Waals surface area contributed by atoms with Crippen LogP contribution in [0.25, 0.3) is 0 Å². The number of non-ortho nitro benzene ring substituents is 1. The van der Waals surface area contributed by atoms with Crippen LogP contribution in [0, 0.1) is 10.1 Å². The highest BCUT2D eigenvalue weighted by atomic mass is 16.7. The third-order valence-corrected chi connectivity index (χ3v) is 2.82. The normalized spacial score (nSPS) is 9.88. The molecule has 0 fully saturated rings. The van der Waals surface area contributed by atoms with E-state index in [1.807, 2.05) is 0 Å². The van der Waals surface area contributed by atoms with Crippen molar-refractivity contribution in [1.29, 1.82) is 0 Å². The van der Waals surface area contributed by atoms with E-state index in [-0.39, 0.29) is 23.8 Å². The molecule has 0 unspecified atom stereocenters. The van der Waals surface area contributed by atoms with Crippen molar-refractivity contribution < 1.29 is 28.7 Å². The maximum atomic E-state index is 11.7. The van der Waals surface area contributed by atoms with Crippen molar-refractivity contribution in [2.45, 2.75) is 6.92 Å². The first-order chi connectivity index (χ1) is 11.5. The predicted molar refractivity (Wildman–Crippen MR) is 82.1 cm³/mol. The zero-order valence-corrected chi connectivity index (χ0v) is 12.6. The molecule has 124 valence electrons. The third kappa shape index (κ3) is 4.54. The summed E-state index contributed by atoms with van der Waals surface area (Å²) in [7, 11) is 0. The number of benzene rings is 2. The van der Waals surface area contributed by atoms with Gasteiger partial charge in [0.2, 0.25) is 0 Å². The Labute approximate surface area is 136 Å². The molecule has 2 rings (SSSR count). The van der Waals surface area contributed by atoms with Crippen LogP contribution >= 0.6 is 0 Å². The summed E-state index contributed by atoms with van der Waals surface area (Å²) in [5, 5.41) is 10.5. The number of rotatable bonds is 5. The van der Waals surface area contributed by atoms with E-state index in [4.69, 9.17) is 14.2 Å². The van der Waals surface area contributed by atoms with Crippen LogP contribution in [0.1, 0.15) is 17.3 Å². The first-order valence-corrected chi connectivity index (χ1v) is 6.91. The Hall–Kier alpha value is -3.42. The zero-order chi connectivity index (χ0) is 17.5. The topological polar surface area (TPSA) is 105 Å². The van der Waals surface area contributed by atoms with Crippen molar-refractivity contribution in [3.63, 3.8) is 0 Å². The molecule has 2 aromatic carbocycles. The number of ether oxygens (including phenoxy) is 3. The highest BCUT2D eigenvalue weighted by molar-refractivity contribution is 5.89. The van der Waals surface area contributed by atoms with Gasteiger partial charge in [-0.05, 0) is 43.3 Å². The van der Waals surface area contributed by atoms with Crippen LogP contribution in [0.5, 0.6) is 11.5 Å². The van der Waals surface area contributed by atoms with Gasteiger partial charge in [-0.1, -0.05) is 0 Å². The summed E-state index contributed by atoms with van der Waals surface area (Å²) in [4.78, 5) is 33.1. The van der Waals surface area contributed by atoms with Crippen LogP contribution in [-0.4, -0.2) is 23.7 Å². The summed E-state index contributed by atoms with van der Waals surface area (Å²) in [6, 6.07) is 10.7. The number of hydrogen-bond donors (Lipinski definition) is 0. The monoisotopic (exact) mass is 331 g/mol.